The molecular formula is C15H23ClN2O. The quantitative estimate of drug-likeness (QED) is 0.872. The molecule has 3 N–H and O–H groups in total. The Balaban J connectivity index is 2.72. The van der Waals surface area contributed by atoms with Gasteiger partial charge in [-0.15, -0.1) is 0 Å². The zero-order valence-electron chi connectivity index (χ0n) is 12.0. The Hall–Kier alpha value is -1.06. The van der Waals surface area contributed by atoms with Gasteiger partial charge in [0.25, 0.3) is 0 Å². The third kappa shape index (κ3) is 4.84. The Bertz CT molecular complexity index is 444. The van der Waals surface area contributed by atoms with E-state index in [0.29, 0.717) is 6.42 Å². The second-order valence-electron chi connectivity index (χ2n) is 5.79. The van der Waals surface area contributed by atoms with Crippen LogP contribution in [0.15, 0.2) is 24.3 Å². The number of carbonyl (C=O) groups is 1. The van der Waals surface area contributed by atoms with Crippen molar-refractivity contribution in [1.82, 2.24) is 5.32 Å². The molecule has 3 nitrogen and oxygen atoms in total. The number of amides is 1. The standard InChI is InChI=1S/C15H23ClN2O/c1-10(11(2)17)14(19)18-15(3,4)9-12-7-5-6-8-13(12)16/h5-8,10-11H,9,17H2,1-4H3,(H,18,19). The summed E-state index contributed by atoms with van der Waals surface area (Å²) in [6.07, 6.45) is 0.685. The normalized spacial score (nSPS) is 14.8. The van der Waals surface area contributed by atoms with Gasteiger partial charge in [-0.2, -0.15) is 0 Å². The summed E-state index contributed by atoms with van der Waals surface area (Å²) in [5.74, 6) is -0.224. The molecule has 0 aliphatic carbocycles. The molecule has 0 saturated carbocycles. The van der Waals surface area contributed by atoms with Gasteiger partial charge in [-0.25, -0.2) is 0 Å². The first-order chi connectivity index (χ1) is 8.73. The van der Waals surface area contributed by atoms with E-state index in [9.17, 15) is 4.79 Å². The molecule has 0 aromatic heterocycles. The summed E-state index contributed by atoms with van der Waals surface area (Å²) in [6, 6.07) is 7.53. The third-order valence-electron chi connectivity index (χ3n) is 3.25. The maximum atomic E-state index is 12.1. The molecule has 1 amide bonds. The van der Waals surface area contributed by atoms with Crippen molar-refractivity contribution in [3.05, 3.63) is 34.9 Å². The Labute approximate surface area is 120 Å². The van der Waals surface area contributed by atoms with Crippen LogP contribution in [0.4, 0.5) is 0 Å². The summed E-state index contributed by atoms with van der Waals surface area (Å²) in [4.78, 5) is 12.1. The minimum Gasteiger partial charge on any atom is -0.351 e. The lowest BCUT2D eigenvalue weighted by Crippen LogP contribution is -2.49. The first kappa shape index (κ1) is 16.0. The molecule has 4 heteroatoms. The van der Waals surface area contributed by atoms with Gasteiger partial charge in [0.1, 0.15) is 0 Å². The molecule has 0 aliphatic heterocycles. The van der Waals surface area contributed by atoms with E-state index in [0.717, 1.165) is 10.6 Å². The van der Waals surface area contributed by atoms with Crippen molar-refractivity contribution in [3.63, 3.8) is 0 Å². The number of hydrogen-bond acceptors (Lipinski definition) is 2. The van der Waals surface area contributed by atoms with Gasteiger partial charge < -0.3 is 11.1 Å². The van der Waals surface area contributed by atoms with Crippen molar-refractivity contribution in [3.8, 4) is 0 Å². The molecule has 0 spiro atoms. The van der Waals surface area contributed by atoms with Gasteiger partial charge in [-0.05, 0) is 38.8 Å². The highest BCUT2D eigenvalue weighted by atomic mass is 35.5. The highest BCUT2D eigenvalue weighted by Crippen LogP contribution is 2.21. The molecule has 0 bridgehead atoms. The largest absolute Gasteiger partial charge is 0.351 e. The molecule has 1 rings (SSSR count). The van der Waals surface area contributed by atoms with Crippen LogP contribution in [0.3, 0.4) is 0 Å². The van der Waals surface area contributed by atoms with Crippen LogP contribution in [0, 0.1) is 5.92 Å². The van der Waals surface area contributed by atoms with Gasteiger partial charge in [0.2, 0.25) is 5.91 Å². The van der Waals surface area contributed by atoms with Crippen LogP contribution in [-0.4, -0.2) is 17.5 Å². The van der Waals surface area contributed by atoms with Crippen molar-refractivity contribution in [2.45, 2.75) is 45.7 Å². The maximum absolute atomic E-state index is 12.1. The lowest BCUT2D eigenvalue weighted by Gasteiger charge is -2.29. The van der Waals surface area contributed by atoms with E-state index in [1.54, 1.807) is 0 Å². The van der Waals surface area contributed by atoms with E-state index < -0.39 is 0 Å². The lowest BCUT2D eigenvalue weighted by molar-refractivity contribution is -0.126. The van der Waals surface area contributed by atoms with Crippen LogP contribution in [0.25, 0.3) is 0 Å². The van der Waals surface area contributed by atoms with E-state index in [2.05, 4.69) is 5.32 Å². The SMILES string of the molecule is CC(N)C(C)C(=O)NC(C)(C)Cc1ccccc1Cl. The van der Waals surface area contributed by atoms with E-state index in [1.165, 1.54) is 0 Å². The van der Waals surface area contributed by atoms with Crippen LogP contribution in [0.1, 0.15) is 33.3 Å². The van der Waals surface area contributed by atoms with E-state index in [1.807, 2.05) is 52.0 Å². The maximum Gasteiger partial charge on any atom is 0.224 e. The fourth-order valence-corrected chi connectivity index (χ4v) is 2.05. The van der Waals surface area contributed by atoms with Crippen LogP contribution in [0.2, 0.25) is 5.02 Å². The number of nitrogens with two attached hydrogens (primary N) is 1. The van der Waals surface area contributed by atoms with E-state index in [-0.39, 0.29) is 23.4 Å². The molecule has 2 atom stereocenters. The Morgan fingerprint density at radius 1 is 1.37 bits per heavy atom. The van der Waals surface area contributed by atoms with Crippen molar-refractivity contribution >= 4 is 17.5 Å². The summed E-state index contributed by atoms with van der Waals surface area (Å²) in [7, 11) is 0. The van der Waals surface area contributed by atoms with Crippen LogP contribution in [-0.2, 0) is 11.2 Å². The lowest BCUT2D eigenvalue weighted by atomic mass is 9.93. The zero-order valence-corrected chi connectivity index (χ0v) is 12.8. The average molecular weight is 283 g/mol. The summed E-state index contributed by atoms with van der Waals surface area (Å²) in [5.41, 5.74) is 6.42. The van der Waals surface area contributed by atoms with Crippen LogP contribution >= 0.6 is 11.6 Å². The predicted molar refractivity (Wildman–Crippen MR) is 80.2 cm³/mol. The van der Waals surface area contributed by atoms with E-state index >= 15 is 0 Å². The highest BCUT2D eigenvalue weighted by Gasteiger charge is 2.26. The Morgan fingerprint density at radius 3 is 2.47 bits per heavy atom. The third-order valence-corrected chi connectivity index (χ3v) is 3.62. The monoisotopic (exact) mass is 282 g/mol. The average Bonchev–Trinajstić information content (AvgIpc) is 2.30. The second kappa shape index (κ2) is 6.40. The predicted octanol–water partition coefficient (Wildman–Crippen LogP) is 2.76. The molecule has 106 valence electrons. The Morgan fingerprint density at radius 2 is 1.95 bits per heavy atom. The number of hydrogen-bond donors (Lipinski definition) is 2. The summed E-state index contributed by atoms with van der Waals surface area (Å²) in [6.45, 7) is 7.65. The molecular weight excluding hydrogens is 260 g/mol. The van der Waals surface area contributed by atoms with Gasteiger partial charge in [0.05, 0.1) is 0 Å². The van der Waals surface area contributed by atoms with Crippen molar-refractivity contribution in [2.75, 3.05) is 0 Å². The van der Waals surface area contributed by atoms with Gasteiger partial charge >= 0.3 is 0 Å². The highest BCUT2D eigenvalue weighted by molar-refractivity contribution is 6.31. The minimum absolute atomic E-state index is 0.0212. The van der Waals surface area contributed by atoms with Gasteiger partial charge in [-0.3, -0.25) is 4.79 Å². The minimum atomic E-state index is -0.356. The first-order valence-corrected chi connectivity index (χ1v) is 6.92. The van der Waals surface area contributed by atoms with Crippen molar-refractivity contribution in [1.29, 1.82) is 0 Å². The molecule has 2 unspecified atom stereocenters. The zero-order chi connectivity index (χ0) is 14.6. The molecule has 1 aromatic carbocycles. The molecule has 0 fully saturated rings. The van der Waals surface area contributed by atoms with E-state index in [4.69, 9.17) is 17.3 Å². The van der Waals surface area contributed by atoms with Crippen LogP contribution < -0.4 is 11.1 Å². The fraction of sp³-hybridized carbons (Fsp3) is 0.533. The summed E-state index contributed by atoms with van der Waals surface area (Å²) >= 11 is 6.15. The number of halogens is 1. The Kier molecular flexibility index (Phi) is 5.39. The fourth-order valence-electron chi connectivity index (χ4n) is 1.85. The van der Waals surface area contributed by atoms with Gasteiger partial charge in [-0.1, -0.05) is 36.7 Å². The summed E-state index contributed by atoms with van der Waals surface area (Å²) < 4.78 is 0. The van der Waals surface area contributed by atoms with Gasteiger partial charge in [0, 0.05) is 22.5 Å². The number of carbonyl (C=O) groups excluding carboxylic acids is 1. The second-order valence-corrected chi connectivity index (χ2v) is 6.20. The molecule has 1 aromatic rings. The molecule has 0 heterocycles. The van der Waals surface area contributed by atoms with Crippen LogP contribution in [0.5, 0.6) is 0 Å². The number of nitrogens with one attached hydrogen (secondary N) is 1. The first-order valence-electron chi connectivity index (χ1n) is 6.54. The topological polar surface area (TPSA) is 55.1 Å². The summed E-state index contributed by atoms with van der Waals surface area (Å²) in [5, 5.41) is 3.76. The number of rotatable bonds is 5. The smallest absolute Gasteiger partial charge is 0.224 e. The molecule has 0 aliphatic rings. The molecule has 0 radical (unpaired) electrons. The molecule has 19 heavy (non-hydrogen) atoms. The molecule has 0 saturated heterocycles. The van der Waals surface area contributed by atoms with Crippen molar-refractivity contribution < 1.29 is 4.79 Å². The number of benzene rings is 1. The van der Waals surface area contributed by atoms with Gasteiger partial charge in [0.15, 0.2) is 0 Å². The van der Waals surface area contributed by atoms with Crippen molar-refractivity contribution in [2.24, 2.45) is 11.7 Å².